The molecule has 1 atom stereocenters. The Morgan fingerprint density at radius 1 is 1.52 bits per heavy atom. The molecule has 2 aromatic heterocycles. The van der Waals surface area contributed by atoms with Crippen molar-refractivity contribution in [3.8, 4) is 0 Å². The maximum atomic E-state index is 11.7. The number of anilines is 1. The number of nitrogens with one attached hydrogen (secondary N) is 2. The van der Waals surface area contributed by atoms with Crippen LogP contribution in [0.4, 0.5) is 5.13 Å². The predicted octanol–water partition coefficient (Wildman–Crippen LogP) is 2.75. The lowest BCUT2D eigenvalue weighted by Crippen LogP contribution is -2.33. The molecule has 0 bridgehead atoms. The van der Waals surface area contributed by atoms with Gasteiger partial charge in [-0.05, 0) is 25.5 Å². The average Bonchev–Trinajstić information content (AvgIpc) is 3.14. The van der Waals surface area contributed by atoms with Crippen molar-refractivity contribution in [2.24, 2.45) is 0 Å². The van der Waals surface area contributed by atoms with Crippen LogP contribution in [0.15, 0.2) is 27.2 Å². The summed E-state index contributed by atoms with van der Waals surface area (Å²) in [5, 5.41) is 14.9. The number of hydrogen-bond donors (Lipinski definition) is 2. The Morgan fingerprint density at radius 2 is 2.38 bits per heavy atom. The van der Waals surface area contributed by atoms with Gasteiger partial charge in [0.25, 0.3) is 0 Å². The van der Waals surface area contributed by atoms with Crippen LogP contribution in [0.5, 0.6) is 0 Å². The maximum absolute atomic E-state index is 11.7. The fraction of sp³-hybridized carbons (Fsp3) is 0.462. The van der Waals surface area contributed by atoms with Crippen LogP contribution in [0, 0.1) is 0 Å². The van der Waals surface area contributed by atoms with Gasteiger partial charge >= 0.3 is 0 Å². The zero-order valence-electron chi connectivity index (χ0n) is 12.0. The molecular formula is C13H18N4O2S2. The topological polar surface area (TPSA) is 80.0 Å². The van der Waals surface area contributed by atoms with Gasteiger partial charge in [0.2, 0.25) is 11.0 Å². The summed E-state index contributed by atoms with van der Waals surface area (Å²) in [6, 6.07) is 3.94. The second-order valence-electron chi connectivity index (χ2n) is 4.47. The number of hydrogen-bond acceptors (Lipinski definition) is 7. The molecule has 0 fully saturated rings. The Kier molecular flexibility index (Phi) is 6.06. The van der Waals surface area contributed by atoms with Crippen LogP contribution in [0.1, 0.15) is 26.0 Å². The molecule has 0 aromatic carbocycles. The normalized spacial score (nSPS) is 12.1. The van der Waals surface area contributed by atoms with Crippen molar-refractivity contribution in [2.75, 3.05) is 11.1 Å². The monoisotopic (exact) mass is 326 g/mol. The van der Waals surface area contributed by atoms with Crippen LogP contribution in [0.3, 0.4) is 0 Å². The van der Waals surface area contributed by atoms with Crippen LogP contribution in [0.2, 0.25) is 0 Å². The van der Waals surface area contributed by atoms with Crippen molar-refractivity contribution in [3.63, 3.8) is 0 Å². The number of amides is 1. The minimum Gasteiger partial charge on any atom is -0.467 e. The maximum Gasteiger partial charge on any atom is 0.230 e. The van der Waals surface area contributed by atoms with Crippen LogP contribution >= 0.6 is 23.1 Å². The van der Waals surface area contributed by atoms with Crippen molar-refractivity contribution < 1.29 is 9.21 Å². The summed E-state index contributed by atoms with van der Waals surface area (Å²) >= 11 is 2.82. The molecule has 0 saturated heterocycles. The minimum atomic E-state index is 0.0228. The number of furan rings is 1. The van der Waals surface area contributed by atoms with E-state index in [1.54, 1.807) is 6.26 Å². The number of nitrogens with zero attached hydrogens (tertiary/aromatic N) is 2. The van der Waals surface area contributed by atoms with E-state index in [0.29, 0.717) is 12.3 Å². The van der Waals surface area contributed by atoms with E-state index >= 15 is 0 Å². The standard InChI is InChI=1S/C13H18N4O2S2/c1-3-9(2)15-11(18)8-20-13-17-16-12(21-13)14-7-10-5-4-6-19-10/h4-6,9H,3,7-8H2,1-2H3,(H,14,16)(H,15,18)/t9-/m1/s1. The van der Waals surface area contributed by atoms with Crippen molar-refractivity contribution in [1.29, 1.82) is 0 Å². The molecule has 2 heterocycles. The van der Waals surface area contributed by atoms with E-state index in [2.05, 4.69) is 20.8 Å². The second-order valence-corrected chi connectivity index (χ2v) is 6.67. The summed E-state index contributed by atoms with van der Waals surface area (Å²) < 4.78 is 6.00. The number of aromatic nitrogens is 2. The summed E-state index contributed by atoms with van der Waals surface area (Å²) in [5.41, 5.74) is 0. The molecule has 1 amide bonds. The van der Waals surface area contributed by atoms with Crippen molar-refractivity contribution in [1.82, 2.24) is 15.5 Å². The highest BCUT2D eigenvalue weighted by Gasteiger charge is 2.09. The van der Waals surface area contributed by atoms with E-state index in [1.807, 2.05) is 26.0 Å². The van der Waals surface area contributed by atoms with E-state index in [4.69, 9.17) is 4.42 Å². The first kappa shape index (κ1) is 15.8. The largest absolute Gasteiger partial charge is 0.467 e. The van der Waals surface area contributed by atoms with E-state index in [0.717, 1.165) is 21.7 Å². The lowest BCUT2D eigenvalue weighted by molar-refractivity contribution is -0.119. The number of carbonyl (C=O) groups is 1. The molecule has 0 radical (unpaired) electrons. The van der Waals surface area contributed by atoms with E-state index < -0.39 is 0 Å². The Balaban J connectivity index is 1.74. The Hall–Kier alpha value is -1.54. The van der Waals surface area contributed by atoms with E-state index in [1.165, 1.54) is 23.1 Å². The van der Waals surface area contributed by atoms with Gasteiger partial charge in [-0.3, -0.25) is 4.79 Å². The first-order valence-electron chi connectivity index (χ1n) is 6.69. The van der Waals surface area contributed by atoms with Gasteiger partial charge in [0, 0.05) is 6.04 Å². The third-order valence-corrected chi connectivity index (χ3v) is 4.76. The lowest BCUT2D eigenvalue weighted by Gasteiger charge is -2.09. The smallest absolute Gasteiger partial charge is 0.230 e. The van der Waals surface area contributed by atoms with Crippen LogP contribution < -0.4 is 10.6 Å². The summed E-state index contributed by atoms with van der Waals surface area (Å²) in [7, 11) is 0. The highest BCUT2D eigenvalue weighted by Crippen LogP contribution is 2.25. The number of thioether (sulfide) groups is 1. The van der Waals surface area contributed by atoms with Gasteiger partial charge in [-0.25, -0.2) is 0 Å². The molecule has 0 aliphatic heterocycles. The molecule has 114 valence electrons. The van der Waals surface area contributed by atoms with Gasteiger partial charge in [0.05, 0.1) is 18.6 Å². The average molecular weight is 326 g/mol. The molecule has 0 spiro atoms. The zero-order chi connectivity index (χ0) is 15.1. The van der Waals surface area contributed by atoms with Crippen molar-refractivity contribution in [3.05, 3.63) is 24.2 Å². The molecular weight excluding hydrogens is 308 g/mol. The summed E-state index contributed by atoms with van der Waals surface area (Å²) in [6.45, 7) is 4.60. The second kappa shape index (κ2) is 8.04. The minimum absolute atomic E-state index is 0.0228. The molecule has 2 rings (SSSR count). The van der Waals surface area contributed by atoms with E-state index in [-0.39, 0.29) is 11.9 Å². The van der Waals surface area contributed by atoms with Crippen molar-refractivity contribution >= 4 is 34.1 Å². The first-order valence-corrected chi connectivity index (χ1v) is 8.49. The van der Waals surface area contributed by atoms with Crippen LogP contribution in [-0.4, -0.2) is 27.9 Å². The molecule has 2 N–H and O–H groups in total. The molecule has 6 nitrogen and oxygen atoms in total. The first-order chi connectivity index (χ1) is 10.2. The molecule has 0 saturated carbocycles. The van der Waals surface area contributed by atoms with Gasteiger partial charge < -0.3 is 15.1 Å². The van der Waals surface area contributed by atoms with Crippen LogP contribution in [-0.2, 0) is 11.3 Å². The van der Waals surface area contributed by atoms with Crippen molar-refractivity contribution in [2.45, 2.75) is 37.2 Å². The van der Waals surface area contributed by atoms with E-state index in [9.17, 15) is 4.79 Å². The molecule has 0 aliphatic carbocycles. The molecule has 21 heavy (non-hydrogen) atoms. The van der Waals surface area contributed by atoms with Crippen LogP contribution in [0.25, 0.3) is 0 Å². The SMILES string of the molecule is CC[C@@H](C)NC(=O)CSc1nnc(NCc2ccco2)s1. The quantitative estimate of drug-likeness (QED) is 0.726. The van der Waals surface area contributed by atoms with Gasteiger partial charge in [-0.15, -0.1) is 10.2 Å². The molecule has 8 heteroatoms. The lowest BCUT2D eigenvalue weighted by atomic mass is 10.3. The summed E-state index contributed by atoms with van der Waals surface area (Å²) in [5.74, 6) is 1.22. The third-order valence-electron chi connectivity index (χ3n) is 2.75. The fourth-order valence-electron chi connectivity index (χ4n) is 1.46. The molecule has 0 unspecified atom stereocenters. The number of rotatable bonds is 8. The Morgan fingerprint density at radius 3 is 3.10 bits per heavy atom. The summed E-state index contributed by atoms with van der Waals surface area (Å²) in [4.78, 5) is 11.7. The Labute approximate surface area is 131 Å². The van der Waals surface area contributed by atoms with Gasteiger partial charge in [0.1, 0.15) is 5.76 Å². The highest BCUT2D eigenvalue weighted by atomic mass is 32.2. The molecule has 0 aliphatic rings. The third kappa shape index (κ3) is 5.39. The predicted molar refractivity (Wildman–Crippen MR) is 84.6 cm³/mol. The van der Waals surface area contributed by atoms with Gasteiger partial charge in [0.15, 0.2) is 4.34 Å². The number of carbonyl (C=O) groups excluding carboxylic acids is 1. The molecule has 2 aromatic rings. The Bertz CT molecular complexity index is 556. The zero-order valence-corrected chi connectivity index (χ0v) is 13.6. The highest BCUT2D eigenvalue weighted by molar-refractivity contribution is 8.01. The summed E-state index contributed by atoms with van der Waals surface area (Å²) in [6.07, 6.45) is 2.56. The van der Waals surface area contributed by atoms with Gasteiger partial charge in [-0.2, -0.15) is 0 Å². The fourth-order valence-corrected chi connectivity index (χ4v) is 3.02. The van der Waals surface area contributed by atoms with Gasteiger partial charge in [-0.1, -0.05) is 30.0 Å².